The molecule has 2 N–H and O–H groups in total. The molecule has 0 radical (unpaired) electrons. The number of fused-ring (bicyclic) bond motifs is 1. The van der Waals surface area contributed by atoms with E-state index in [0.717, 1.165) is 16.8 Å². The minimum Gasteiger partial charge on any atom is -0.386 e. The number of hydrogen-bond acceptors (Lipinski definition) is 6. The Morgan fingerprint density at radius 2 is 2.00 bits per heavy atom. The number of benzene rings is 1. The number of rotatable bonds is 5. The lowest BCUT2D eigenvalue weighted by Gasteiger charge is -2.15. The number of anilines is 3. The van der Waals surface area contributed by atoms with E-state index in [-0.39, 0.29) is 5.82 Å². The van der Waals surface area contributed by atoms with Gasteiger partial charge in [0.2, 0.25) is 0 Å². The maximum absolute atomic E-state index is 14.9. The zero-order chi connectivity index (χ0) is 19.7. The summed E-state index contributed by atoms with van der Waals surface area (Å²) in [5.41, 5.74) is 4.38. The first-order valence-corrected chi connectivity index (χ1v) is 12.4. The van der Waals surface area contributed by atoms with Crippen molar-refractivity contribution in [1.82, 2.24) is 24.3 Å². The lowest BCUT2D eigenvalue weighted by Crippen LogP contribution is -2.04. The van der Waals surface area contributed by atoms with Gasteiger partial charge in [0.05, 0.1) is 17.7 Å². The fraction of sp³-hybridized carbons (Fsp3) is 0.111. The van der Waals surface area contributed by atoms with Crippen molar-refractivity contribution in [3.8, 4) is 11.3 Å². The lowest BCUT2D eigenvalue weighted by molar-refractivity contribution is 0.634. The number of pyridine rings is 1. The molecule has 7 nitrogen and oxygen atoms in total. The molecule has 0 aliphatic heterocycles. The van der Waals surface area contributed by atoms with Crippen LogP contribution in [0.3, 0.4) is 0 Å². The van der Waals surface area contributed by atoms with Crippen LogP contribution in [0.1, 0.15) is 5.56 Å². The molecule has 28 heavy (non-hydrogen) atoms. The second-order valence-corrected chi connectivity index (χ2v) is 8.09. The molecule has 142 valence electrons. The minimum atomic E-state index is -0.359. The van der Waals surface area contributed by atoms with Gasteiger partial charge in [-0.1, -0.05) is 6.07 Å². The summed E-state index contributed by atoms with van der Waals surface area (Å²) in [6.45, 7) is 1.85. The summed E-state index contributed by atoms with van der Waals surface area (Å²) < 4.78 is 16.8. The molecule has 0 fully saturated rings. The average Bonchev–Trinajstić information content (AvgIpc) is 3.15. The number of halogens is 2. The summed E-state index contributed by atoms with van der Waals surface area (Å²) in [6.07, 6.45) is 5.39. The third-order valence-corrected chi connectivity index (χ3v) is 6.42. The molecule has 0 aliphatic carbocycles. The predicted molar refractivity (Wildman–Crippen MR) is 120 cm³/mol. The Balaban J connectivity index is 1.85. The summed E-state index contributed by atoms with van der Waals surface area (Å²) in [6, 6.07) is 7.27. The molecule has 0 aliphatic rings. The van der Waals surface area contributed by atoms with Gasteiger partial charge in [-0.3, -0.25) is 4.34 Å². The molecule has 4 rings (SSSR count). The van der Waals surface area contributed by atoms with Crippen molar-refractivity contribution in [3.05, 3.63) is 54.5 Å². The highest BCUT2D eigenvalue weighted by Crippen LogP contribution is 2.35. The monoisotopic (exact) mass is 507 g/mol. The molecule has 3 aromatic heterocycles. The number of nitrogens with one attached hydrogen (secondary N) is 2. The predicted octanol–water partition coefficient (Wildman–Crippen LogP) is 4.91. The molecule has 3 heterocycles. The Morgan fingerprint density at radius 3 is 2.79 bits per heavy atom. The normalized spacial score (nSPS) is 11.4. The Kier molecular flexibility index (Phi) is 5.36. The van der Waals surface area contributed by atoms with E-state index in [1.807, 2.05) is 29.5 Å². The van der Waals surface area contributed by atoms with Gasteiger partial charge in [-0.25, -0.2) is 24.3 Å². The highest BCUT2D eigenvalue weighted by molar-refractivity contribution is 14.2. The van der Waals surface area contributed by atoms with E-state index in [0.29, 0.717) is 34.8 Å². The van der Waals surface area contributed by atoms with Gasteiger partial charge >= 0.3 is 0 Å². The average molecular weight is 507 g/mol. The fourth-order valence-corrected chi connectivity index (χ4v) is 4.33. The largest absolute Gasteiger partial charge is 0.386 e. The van der Waals surface area contributed by atoms with Crippen molar-refractivity contribution in [2.24, 2.45) is 0 Å². The van der Waals surface area contributed by atoms with Crippen LogP contribution in [-0.2, 0) is 0 Å². The molecular formula is C18H16FIN7P. The molecule has 0 saturated carbocycles. The van der Waals surface area contributed by atoms with Gasteiger partial charge in [0.1, 0.15) is 29.7 Å². The van der Waals surface area contributed by atoms with Crippen LogP contribution in [0.15, 0.2) is 43.1 Å². The first-order chi connectivity index (χ1) is 13.6. The van der Waals surface area contributed by atoms with Gasteiger partial charge in [-0.05, 0) is 52.7 Å². The van der Waals surface area contributed by atoms with Crippen LogP contribution in [0.5, 0.6) is 0 Å². The zero-order valence-electron chi connectivity index (χ0n) is 15.0. The molecule has 1 aromatic carbocycles. The summed E-state index contributed by atoms with van der Waals surface area (Å²) in [4.78, 5) is 17.7. The number of nitrogens with zero attached hydrogens (tertiary/aromatic N) is 5. The van der Waals surface area contributed by atoms with E-state index < -0.39 is 0 Å². The molecule has 0 saturated heterocycles. The SMILES string of the molecule is CNc1ccc(C)c(Nc2ncccc2-c2ncnc3c2ncn3PI)c1F. The van der Waals surface area contributed by atoms with Crippen molar-refractivity contribution >= 4 is 56.8 Å². The van der Waals surface area contributed by atoms with E-state index in [9.17, 15) is 4.39 Å². The smallest absolute Gasteiger partial charge is 0.169 e. The molecular weight excluding hydrogens is 491 g/mol. The fourth-order valence-electron chi connectivity index (χ4n) is 2.93. The first kappa shape index (κ1) is 18.9. The Labute approximate surface area is 175 Å². The van der Waals surface area contributed by atoms with Crippen LogP contribution >= 0.6 is 28.4 Å². The van der Waals surface area contributed by atoms with Gasteiger partial charge < -0.3 is 10.6 Å². The quantitative estimate of drug-likeness (QED) is 0.295. The van der Waals surface area contributed by atoms with Gasteiger partial charge in [0, 0.05) is 18.8 Å². The maximum Gasteiger partial charge on any atom is 0.169 e. The first-order valence-electron chi connectivity index (χ1n) is 8.38. The third kappa shape index (κ3) is 3.29. The van der Waals surface area contributed by atoms with Crippen LogP contribution in [0.25, 0.3) is 22.4 Å². The van der Waals surface area contributed by atoms with E-state index in [1.54, 1.807) is 25.6 Å². The summed E-state index contributed by atoms with van der Waals surface area (Å²) in [5.74, 6) is 0.145. The number of hydrogen-bond donors (Lipinski definition) is 2. The van der Waals surface area contributed by atoms with Crippen molar-refractivity contribution < 1.29 is 4.39 Å². The van der Waals surface area contributed by atoms with Crippen molar-refractivity contribution in [2.45, 2.75) is 6.92 Å². The second-order valence-electron chi connectivity index (χ2n) is 5.99. The van der Waals surface area contributed by atoms with Crippen LogP contribution in [0.2, 0.25) is 0 Å². The summed E-state index contributed by atoms with van der Waals surface area (Å²) >= 11 is 2.28. The zero-order valence-corrected chi connectivity index (χ0v) is 18.2. The molecule has 10 heteroatoms. The highest BCUT2D eigenvalue weighted by atomic mass is 127. The second kappa shape index (κ2) is 7.92. The van der Waals surface area contributed by atoms with Gasteiger partial charge in [0.25, 0.3) is 0 Å². The lowest BCUT2D eigenvalue weighted by atomic mass is 10.1. The van der Waals surface area contributed by atoms with Crippen LogP contribution < -0.4 is 10.6 Å². The Hall–Kier alpha value is -2.39. The van der Waals surface area contributed by atoms with Gasteiger partial charge in [0.15, 0.2) is 11.5 Å². The summed E-state index contributed by atoms with van der Waals surface area (Å²) in [7, 11) is 1.69. The minimum absolute atomic E-state index is 0.359. The number of aromatic nitrogens is 5. The van der Waals surface area contributed by atoms with E-state index >= 15 is 0 Å². The molecule has 0 bridgehead atoms. The van der Waals surface area contributed by atoms with Crippen LogP contribution in [0, 0.1) is 12.7 Å². The number of imidazole rings is 1. The Morgan fingerprint density at radius 1 is 1.14 bits per heavy atom. The molecule has 4 aromatic rings. The van der Waals surface area contributed by atoms with Crippen LogP contribution in [-0.4, -0.2) is 31.3 Å². The molecule has 0 spiro atoms. The Bertz CT molecular complexity index is 1160. The number of aryl methyl sites for hydroxylation is 1. The molecule has 1 atom stereocenters. The van der Waals surface area contributed by atoms with Crippen molar-refractivity contribution in [2.75, 3.05) is 17.7 Å². The maximum atomic E-state index is 14.9. The van der Waals surface area contributed by atoms with Gasteiger partial charge in [-0.2, -0.15) is 0 Å². The standard InChI is InChI=1S/C18H16FIN7P/c1-10-5-6-12(21-2)13(19)14(10)26-17-11(4-3-7-22-17)15-16-18(24-8-23-15)27(28-20)9-25-16/h3-9,21,28H,1-2H3,(H,22,26). The van der Waals surface area contributed by atoms with E-state index in [1.165, 1.54) is 6.33 Å². The topological polar surface area (TPSA) is 80.6 Å². The van der Waals surface area contributed by atoms with E-state index in [2.05, 4.69) is 52.6 Å². The van der Waals surface area contributed by atoms with Crippen LogP contribution in [0.4, 0.5) is 21.6 Å². The molecule has 1 unspecified atom stereocenters. The summed E-state index contributed by atoms with van der Waals surface area (Å²) in [5, 5.41) is 6.01. The molecule has 0 amide bonds. The van der Waals surface area contributed by atoms with Crippen molar-refractivity contribution in [1.29, 1.82) is 0 Å². The van der Waals surface area contributed by atoms with Gasteiger partial charge in [-0.15, -0.1) is 0 Å². The van der Waals surface area contributed by atoms with Crippen molar-refractivity contribution in [3.63, 3.8) is 0 Å². The highest BCUT2D eigenvalue weighted by Gasteiger charge is 2.18. The van der Waals surface area contributed by atoms with E-state index in [4.69, 9.17) is 0 Å². The third-order valence-electron chi connectivity index (χ3n) is 4.35.